The maximum absolute atomic E-state index is 13.6. The smallest absolute Gasteiger partial charge is 0.369 e. The van der Waals surface area contributed by atoms with Gasteiger partial charge in [-0.05, 0) is 41.0 Å². The van der Waals surface area contributed by atoms with Crippen LogP contribution in [0.5, 0.6) is 0 Å². The predicted molar refractivity (Wildman–Crippen MR) is 136 cm³/mol. The maximum Gasteiger partial charge on any atom is 0.431 e. The predicted octanol–water partition coefficient (Wildman–Crippen LogP) is 6.54. The number of rotatable bonds is 6. The Kier molecular flexibility index (Phi) is 7.38. The fourth-order valence-corrected chi connectivity index (χ4v) is 4.99. The van der Waals surface area contributed by atoms with Crippen LogP contribution in [0.15, 0.2) is 77.9 Å². The number of hydrogen-bond donors (Lipinski definition) is 2. The molecule has 0 fully saturated rings. The Morgan fingerprint density at radius 3 is 2.10 bits per heavy atom. The van der Waals surface area contributed by atoms with Crippen molar-refractivity contribution in [3.63, 3.8) is 0 Å². The zero-order valence-electron chi connectivity index (χ0n) is 19.9. The summed E-state index contributed by atoms with van der Waals surface area (Å²) in [6, 6.07) is 17.2. The molecule has 0 amide bonds. The minimum atomic E-state index is -6.08. The summed E-state index contributed by atoms with van der Waals surface area (Å²) in [6.45, 7) is 0. The Balaban J connectivity index is 1.74. The topological polar surface area (TPSA) is 82.0 Å². The Labute approximate surface area is 224 Å². The molecule has 0 saturated carbocycles. The van der Waals surface area contributed by atoms with E-state index in [2.05, 4.69) is 9.82 Å². The van der Waals surface area contributed by atoms with Crippen molar-refractivity contribution in [2.45, 2.75) is 30.4 Å². The van der Waals surface area contributed by atoms with Gasteiger partial charge in [-0.3, -0.25) is 9.73 Å². The molecule has 4 rings (SSSR count). The van der Waals surface area contributed by atoms with Gasteiger partial charge in [0.15, 0.2) is 0 Å². The lowest BCUT2D eigenvalue weighted by Gasteiger charge is -2.32. The van der Waals surface area contributed by atoms with Crippen LogP contribution in [0, 0.1) is 0 Å². The van der Waals surface area contributed by atoms with Crippen LogP contribution in [0.1, 0.15) is 18.0 Å². The number of alkyl halides is 6. The van der Waals surface area contributed by atoms with Gasteiger partial charge in [0.05, 0.1) is 28.7 Å². The SMILES string of the molecule is CS(=O)(=O)Nc1cccc(-c2ccc(C3CC(C(O)(C(F)(F)F)C(F)(F)F)=NN3c3ccccc3Cl)cc2)c1. The highest BCUT2D eigenvalue weighted by molar-refractivity contribution is 7.92. The number of para-hydroxylation sites is 1. The first-order valence-corrected chi connectivity index (χ1v) is 13.4. The Morgan fingerprint density at radius 1 is 0.923 bits per heavy atom. The van der Waals surface area contributed by atoms with E-state index in [0.29, 0.717) is 22.4 Å². The van der Waals surface area contributed by atoms with Gasteiger partial charge < -0.3 is 5.11 Å². The fourth-order valence-electron chi connectivity index (χ4n) is 4.21. The molecule has 0 aromatic heterocycles. The minimum Gasteiger partial charge on any atom is -0.369 e. The molecule has 0 aliphatic carbocycles. The molecule has 0 radical (unpaired) electrons. The van der Waals surface area contributed by atoms with Gasteiger partial charge in [0.25, 0.3) is 5.60 Å². The molecule has 0 bridgehead atoms. The lowest BCUT2D eigenvalue weighted by Crippen LogP contribution is -2.62. The molecule has 3 aromatic rings. The Morgan fingerprint density at radius 2 is 1.54 bits per heavy atom. The van der Waals surface area contributed by atoms with Gasteiger partial charge in [-0.15, -0.1) is 0 Å². The van der Waals surface area contributed by atoms with E-state index in [0.717, 1.165) is 11.3 Å². The van der Waals surface area contributed by atoms with E-state index in [4.69, 9.17) is 11.6 Å². The van der Waals surface area contributed by atoms with Crippen LogP contribution in [-0.4, -0.2) is 43.4 Å². The standard InChI is InChI=1S/C25H20ClF6N3O3S/c1-39(37,38)34-18-6-4-5-17(13-18)15-9-11-16(12-10-15)21-14-22(23(36,24(27,28)29)25(30,31)32)33-35(21)20-8-3-2-7-19(20)26/h2-13,21,34,36H,14H2,1H3. The quantitative estimate of drug-likeness (QED) is 0.319. The minimum absolute atomic E-state index is 0.0295. The largest absolute Gasteiger partial charge is 0.431 e. The molecule has 1 aliphatic rings. The second-order valence-corrected chi connectivity index (χ2v) is 11.0. The summed E-state index contributed by atoms with van der Waals surface area (Å²) in [6.07, 6.45) is -12.1. The number of hydrazone groups is 1. The van der Waals surface area contributed by atoms with Crippen LogP contribution in [0.4, 0.5) is 37.7 Å². The number of halogens is 7. The van der Waals surface area contributed by atoms with Crippen molar-refractivity contribution >= 4 is 38.7 Å². The van der Waals surface area contributed by atoms with Crippen LogP contribution >= 0.6 is 11.6 Å². The normalized spacial score (nSPS) is 16.8. The Bertz CT molecular complexity index is 1490. The number of nitrogens with one attached hydrogen (secondary N) is 1. The van der Waals surface area contributed by atoms with Crippen molar-refractivity contribution < 1.29 is 39.9 Å². The summed E-state index contributed by atoms with van der Waals surface area (Å²) in [5, 5.41) is 14.6. The van der Waals surface area contributed by atoms with Crippen molar-refractivity contribution in [3.8, 4) is 11.1 Å². The van der Waals surface area contributed by atoms with Crippen LogP contribution < -0.4 is 9.73 Å². The molecule has 0 spiro atoms. The molecular weight excluding hydrogens is 572 g/mol. The van der Waals surface area contributed by atoms with Gasteiger partial charge in [0, 0.05) is 12.1 Å². The van der Waals surface area contributed by atoms with Crippen LogP contribution in [0.2, 0.25) is 5.02 Å². The first kappa shape index (κ1) is 28.7. The van der Waals surface area contributed by atoms with Gasteiger partial charge in [0.1, 0.15) is 0 Å². The van der Waals surface area contributed by atoms with Crippen molar-refractivity contribution in [3.05, 3.63) is 83.4 Å². The van der Waals surface area contributed by atoms with E-state index in [9.17, 15) is 39.9 Å². The molecular formula is C25H20ClF6N3O3S. The van der Waals surface area contributed by atoms with E-state index in [-0.39, 0.29) is 10.7 Å². The zero-order valence-corrected chi connectivity index (χ0v) is 21.5. The molecule has 2 N–H and O–H groups in total. The summed E-state index contributed by atoms with van der Waals surface area (Å²) in [5.41, 5.74) is -4.83. The van der Waals surface area contributed by atoms with Gasteiger partial charge in [-0.25, -0.2) is 8.42 Å². The number of benzene rings is 3. The third-order valence-corrected chi connectivity index (χ3v) is 6.97. The molecule has 1 atom stereocenters. The van der Waals surface area contributed by atoms with Gasteiger partial charge in [-0.1, -0.05) is 60.1 Å². The molecule has 1 unspecified atom stereocenters. The summed E-state index contributed by atoms with van der Waals surface area (Å²) >= 11 is 6.20. The number of nitrogens with zero attached hydrogens (tertiary/aromatic N) is 2. The third-order valence-electron chi connectivity index (χ3n) is 6.04. The molecule has 3 aromatic carbocycles. The first-order valence-electron chi connectivity index (χ1n) is 11.2. The summed E-state index contributed by atoms with van der Waals surface area (Å²) in [5.74, 6) is 0. The fraction of sp³-hybridized carbons (Fsp3) is 0.240. The molecule has 6 nitrogen and oxygen atoms in total. The van der Waals surface area contributed by atoms with Crippen LogP contribution in [0.25, 0.3) is 11.1 Å². The Hall–Kier alpha value is -3.29. The second-order valence-electron chi connectivity index (χ2n) is 8.85. The van der Waals surface area contributed by atoms with E-state index in [1.807, 2.05) is 0 Å². The summed E-state index contributed by atoms with van der Waals surface area (Å²) < 4.78 is 107. The van der Waals surface area contributed by atoms with E-state index in [1.165, 1.54) is 36.4 Å². The second kappa shape index (κ2) is 10.0. The molecule has 208 valence electrons. The maximum atomic E-state index is 13.6. The monoisotopic (exact) mass is 591 g/mol. The number of anilines is 2. The first-order chi connectivity index (χ1) is 18.0. The number of aliphatic hydroxyl groups is 1. The van der Waals surface area contributed by atoms with Crippen LogP contribution in [0.3, 0.4) is 0 Å². The lowest BCUT2D eigenvalue weighted by atomic mass is 9.89. The highest BCUT2D eigenvalue weighted by atomic mass is 35.5. The molecule has 14 heteroatoms. The van der Waals surface area contributed by atoms with Gasteiger partial charge in [0.2, 0.25) is 10.0 Å². The van der Waals surface area contributed by atoms with Crippen molar-refractivity contribution in [2.24, 2.45) is 5.10 Å². The molecule has 1 aliphatic heterocycles. The summed E-state index contributed by atoms with van der Waals surface area (Å²) in [7, 11) is -3.53. The average Bonchev–Trinajstić information content (AvgIpc) is 3.27. The highest BCUT2D eigenvalue weighted by Gasteiger charge is 2.74. The highest BCUT2D eigenvalue weighted by Crippen LogP contribution is 2.49. The average molecular weight is 592 g/mol. The van der Waals surface area contributed by atoms with E-state index < -0.39 is 46.2 Å². The van der Waals surface area contributed by atoms with Gasteiger partial charge >= 0.3 is 12.4 Å². The van der Waals surface area contributed by atoms with E-state index in [1.54, 1.807) is 36.4 Å². The zero-order chi connectivity index (χ0) is 28.8. The van der Waals surface area contributed by atoms with Crippen molar-refractivity contribution in [1.82, 2.24) is 0 Å². The van der Waals surface area contributed by atoms with Gasteiger partial charge in [-0.2, -0.15) is 31.4 Å². The van der Waals surface area contributed by atoms with Crippen molar-refractivity contribution in [2.75, 3.05) is 16.0 Å². The number of hydrogen-bond acceptors (Lipinski definition) is 5. The van der Waals surface area contributed by atoms with Crippen molar-refractivity contribution in [1.29, 1.82) is 0 Å². The summed E-state index contributed by atoms with van der Waals surface area (Å²) in [4.78, 5) is 0. The molecule has 0 saturated heterocycles. The third kappa shape index (κ3) is 5.70. The molecule has 39 heavy (non-hydrogen) atoms. The van der Waals surface area contributed by atoms with E-state index >= 15 is 0 Å². The molecule has 1 heterocycles. The number of sulfonamides is 1. The lowest BCUT2D eigenvalue weighted by molar-refractivity contribution is -0.338. The van der Waals surface area contributed by atoms with Crippen LogP contribution in [-0.2, 0) is 10.0 Å².